The van der Waals surface area contributed by atoms with Crippen molar-refractivity contribution in [3.05, 3.63) is 94.3 Å². The van der Waals surface area contributed by atoms with Crippen molar-refractivity contribution in [2.45, 2.75) is 27.3 Å². The summed E-state index contributed by atoms with van der Waals surface area (Å²) in [6.45, 7) is 6.41. The molecule has 0 atom stereocenters. The highest BCUT2D eigenvalue weighted by Gasteiger charge is 2.13. The van der Waals surface area contributed by atoms with Gasteiger partial charge in [-0.2, -0.15) is 0 Å². The molecule has 5 nitrogen and oxygen atoms in total. The van der Waals surface area contributed by atoms with Gasteiger partial charge in [-0.1, -0.05) is 42.0 Å². The van der Waals surface area contributed by atoms with Crippen molar-refractivity contribution in [3.63, 3.8) is 0 Å². The summed E-state index contributed by atoms with van der Waals surface area (Å²) in [6, 6.07) is 18.5. The number of nitrogens with zero attached hydrogens (tertiary/aromatic N) is 1. The zero-order valence-electron chi connectivity index (χ0n) is 16.2. The van der Waals surface area contributed by atoms with Crippen LogP contribution in [0.2, 0.25) is 0 Å². The highest BCUT2D eigenvalue weighted by Crippen LogP contribution is 2.15. The van der Waals surface area contributed by atoms with Gasteiger partial charge in [-0.25, -0.2) is 4.98 Å². The fourth-order valence-corrected chi connectivity index (χ4v) is 2.80. The standard InChI is InChI=1S/C23H23N3O2/c1-15-6-4-7-18(12-15)14-24-22(27)20-8-5-9-21(26-20)23(28)25-19-11-10-16(2)17(3)13-19/h4-13H,14H2,1-3H3,(H,24,27)(H,25,28). The first-order valence-corrected chi connectivity index (χ1v) is 9.12. The Morgan fingerprint density at radius 2 is 1.54 bits per heavy atom. The average Bonchev–Trinajstić information content (AvgIpc) is 2.69. The first-order valence-electron chi connectivity index (χ1n) is 9.12. The molecule has 0 spiro atoms. The van der Waals surface area contributed by atoms with Gasteiger partial charge in [-0.3, -0.25) is 9.59 Å². The van der Waals surface area contributed by atoms with Crippen LogP contribution in [0.15, 0.2) is 60.7 Å². The van der Waals surface area contributed by atoms with Crippen molar-refractivity contribution in [2.75, 3.05) is 5.32 Å². The number of aromatic nitrogens is 1. The van der Waals surface area contributed by atoms with Crippen molar-refractivity contribution in [1.82, 2.24) is 10.3 Å². The maximum Gasteiger partial charge on any atom is 0.274 e. The second-order valence-corrected chi connectivity index (χ2v) is 6.83. The maximum absolute atomic E-state index is 12.5. The van der Waals surface area contributed by atoms with Gasteiger partial charge in [-0.05, 0) is 61.7 Å². The van der Waals surface area contributed by atoms with Crippen molar-refractivity contribution >= 4 is 17.5 Å². The molecule has 0 unspecified atom stereocenters. The molecule has 1 heterocycles. The van der Waals surface area contributed by atoms with Gasteiger partial charge >= 0.3 is 0 Å². The van der Waals surface area contributed by atoms with Crippen molar-refractivity contribution < 1.29 is 9.59 Å². The molecule has 0 bridgehead atoms. The molecule has 1 aromatic heterocycles. The van der Waals surface area contributed by atoms with Crippen LogP contribution >= 0.6 is 0 Å². The minimum atomic E-state index is -0.350. The number of amides is 2. The number of carbonyl (C=O) groups excluding carboxylic acids is 2. The molecular weight excluding hydrogens is 350 g/mol. The first-order chi connectivity index (χ1) is 13.4. The number of nitrogens with one attached hydrogen (secondary N) is 2. The predicted molar refractivity (Wildman–Crippen MR) is 110 cm³/mol. The highest BCUT2D eigenvalue weighted by molar-refractivity contribution is 6.03. The minimum Gasteiger partial charge on any atom is -0.347 e. The quantitative estimate of drug-likeness (QED) is 0.704. The van der Waals surface area contributed by atoms with E-state index in [9.17, 15) is 9.59 Å². The van der Waals surface area contributed by atoms with Crippen LogP contribution < -0.4 is 10.6 Å². The van der Waals surface area contributed by atoms with Crippen LogP contribution in [0.25, 0.3) is 0 Å². The number of hydrogen-bond acceptors (Lipinski definition) is 3. The minimum absolute atomic E-state index is 0.196. The van der Waals surface area contributed by atoms with Crippen LogP contribution in [-0.2, 0) is 6.54 Å². The van der Waals surface area contributed by atoms with E-state index in [-0.39, 0.29) is 23.2 Å². The van der Waals surface area contributed by atoms with Crippen molar-refractivity contribution in [2.24, 2.45) is 0 Å². The number of anilines is 1. The maximum atomic E-state index is 12.5. The molecule has 0 saturated carbocycles. The van der Waals surface area contributed by atoms with Gasteiger partial charge in [0.25, 0.3) is 11.8 Å². The van der Waals surface area contributed by atoms with Crippen LogP contribution in [-0.4, -0.2) is 16.8 Å². The summed E-state index contributed by atoms with van der Waals surface area (Å²) in [5.74, 6) is -0.668. The lowest BCUT2D eigenvalue weighted by Crippen LogP contribution is -2.25. The van der Waals surface area contributed by atoms with Gasteiger partial charge in [0.1, 0.15) is 11.4 Å². The lowest BCUT2D eigenvalue weighted by Gasteiger charge is -2.09. The molecule has 0 aliphatic rings. The van der Waals surface area contributed by atoms with Crippen LogP contribution in [0.3, 0.4) is 0 Å². The first kappa shape index (κ1) is 19.3. The number of benzene rings is 2. The van der Waals surface area contributed by atoms with Crippen LogP contribution in [0.1, 0.15) is 43.2 Å². The van der Waals surface area contributed by atoms with Gasteiger partial charge in [0.15, 0.2) is 0 Å². The van der Waals surface area contributed by atoms with E-state index in [2.05, 4.69) is 15.6 Å². The van der Waals surface area contributed by atoms with Crippen LogP contribution in [0, 0.1) is 20.8 Å². The summed E-state index contributed by atoms with van der Waals surface area (Å²) in [7, 11) is 0. The van der Waals surface area contributed by atoms with E-state index in [1.807, 2.05) is 63.2 Å². The molecule has 0 radical (unpaired) electrons. The average molecular weight is 373 g/mol. The van der Waals surface area contributed by atoms with Gasteiger partial charge in [0.05, 0.1) is 0 Å². The summed E-state index contributed by atoms with van der Waals surface area (Å²) < 4.78 is 0. The van der Waals surface area contributed by atoms with Crippen LogP contribution in [0.5, 0.6) is 0 Å². The molecule has 0 aliphatic heterocycles. The lowest BCUT2D eigenvalue weighted by atomic mass is 10.1. The molecule has 142 valence electrons. The third-order valence-electron chi connectivity index (χ3n) is 4.51. The Hall–Kier alpha value is -3.47. The summed E-state index contributed by atoms with van der Waals surface area (Å²) in [4.78, 5) is 29.1. The van der Waals surface area contributed by atoms with Crippen LogP contribution in [0.4, 0.5) is 5.69 Å². The van der Waals surface area contributed by atoms with Crippen molar-refractivity contribution in [3.8, 4) is 0 Å². The molecule has 3 aromatic rings. The zero-order chi connectivity index (χ0) is 20.1. The summed E-state index contributed by atoms with van der Waals surface area (Å²) in [5.41, 5.74) is 5.50. The summed E-state index contributed by atoms with van der Waals surface area (Å²) >= 11 is 0. The Kier molecular flexibility index (Phi) is 5.84. The van der Waals surface area contributed by atoms with Gasteiger partial charge < -0.3 is 10.6 Å². The molecule has 2 N–H and O–H groups in total. The third kappa shape index (κ3) is 4.82. The van der Waals surface area contributed by atoms with Crippen molar-refractivity contribution in [1.29, 1.82) is 0 Å². The van der Waals surface area contributed by atoms with E-state index in [0.717, 1.165) is 22.3 Å². The lowest BCUT2D eigenvalue weighted by molar-refractivity contribution is 0.0945. The normalized spacial score (nSPS) is 10.4. The number of hydrogen-bond donors (Lipinski definition) is 2. The fourth-order valence-electron chi connectivity index (χ4n) is 2.80. The number of aryl methyl sites for hydroxylation is 3. The van der Waals surface area contributed by atoms with E-state index < -0.39 is 0 Å². The monoisotopic (exact) mass is 373 g/mol. The highest BCUT2D eigenvalue weighted by atomic mass is 16.2. The Bertz CT molecular complexity index is 1030. The van der Waals surface area contributed by atoms with E-state index in [0.29, 0.717) is 12.2 Å². The molecule has 2 aromatic carbocycles. The smallest absolute Gasteiger partial charge is 0.274 e. The Morgan fingerprint density at radius 1 is 0.821 bits per heavy atom. The molecular formula is C23H23N3O2. The summed E-state index contributed by atoms with van der Waals surface area (Å²) in [6.07, 6.45) is 0. The van der Waals surface area contributed by atoms with E-state index in [1.54, 1.807) is 18.2 Å². The second kappa shape index (κ2) is 8.48. The largest absolute Gasteiger partial charge is 0.347 e. The topological polar surface area (TPSA) is 71.1 Å². The fraction of sp³-hybridized carbons (Fsp3) is 0.174. The molecule has 0 fully saturated rings. The third-order valence-corrected chi connectivity index (χ3v) is 4.51. The van der Waals surface area contributed by atoms with E-state index >= 15 is 0 Å². The zero-order valence-corrected chi connectivity index (χ0v) is 16.2. The molecule has 0 aliphatic carbocycles. The number of carbonyl (C=O) groups is 2. The molecule has 0 saturated heterocycles. The molecule has 2 amide bonds. The number of rotatable bonds is 5. The predicted octanol–water partition coefficient (Wildman–Crippen LogP) is 4.19. The molecule has 3 rings (SSSR count). The Labute approximate surface area is 164 Å². The van der Waals surface area contributed by atoms with Gasteiger partial charge in [0, 0.05) is 12.2 Å². The van der Waals surface area contributed by atoms with E-state index in [4.69, 9.17) is 0 Å². The second-order valence-electron chi connectivity index (χ2n) is 6.83. The van der Waals surface area contributed by atoms with Gasteiger partial charge in [-0.15, -0.1) is 0 Å². The molecule has 5 heteroatoms. The van der Waals surface area contributed by atoms with Gasteiger partial charge in [0.2, 0.25) is 0 Å². The summed E-state index contributed by atoms with van der Waals surface area (Å²) in [5, 5.41) is 5.66. The SMILES string of the molecule is Cc1cccc(CNC(=O)c2cccc(C(=O)Nc3ccc(C)c(C)c3)n2)c1. The Balaban J connectivity index is 1.67. The Morgan fingerprint density at radius 3 is 2.25 bits per heavy atom. The van der Waals surface area contributed by atoms with E-state index in [1.165, 1.54) is 0 Å². The number of pyridine rings is 1. The molecule has 28 heavy (non-hydrogen) atoms.